The van der Waals surface area contributed by atoms with Crippen LogP contribution >= 0.6 is 27.5 Å². The maximum absolute atomic E-state index is 13.3. The Morgan fingerprint density at radius 3 is 2.64 bits per heavy atom. The van der Waals surface area contributed by atoms with Crippen LogP contribution in [0.2, 0.25) is 5.02 Å². The van der Waals surface area contributed by atoms with E-state index >= 15 is 0 Å². The summed E-state index contributed by atoms with van der Waals surface area (Å²) in [5, 5.41) is 8.96. The Bertz CT molecular complexity index is 930. The molecular weight excluding hydrogens is 442 g/mol. The average Bonchev–Trinajstić information content (AvgIpc) is 3.23. The highest BCUT2D eigenvalue weighted by atomic mass is 79.9. The highest BCUT2D eigenvalue weighted by molar-refractivity contribution is 9.10. The van der Waals surface area contributed by atoms with Gasteiger partial charge in [-0.2, -0.15) is 15.0 Å². The second-order valence-corrected chi connectivity index (χ2v) is 7.82. The van der Waals surface area contributed by atoms with Crippen LogP contribution in [0.5, 0.6) is 0 Å². The number of amides is 1. The number of pyridine rings is 1. The lowest BCUT2D eigenvalue weighted by atomic mass is 10.0. The first-order valence-corrected chi connectivity index (χ1v) is 10.2. The van der Waals surface area contributed by atoms with Crippen LogP contribution in [0.3, 0.4) is 0 Å². The minimum Gasteiger partial charge on any atom is -0.339 e. The summed E-state index contributed by atoms with van der Waals surface area (Å²) in [5.74, 6) is -0.0653. The largest absolute Gasteiger partial charge is 0.339 e. The second-order valence-electron chi connectivity index (χ2n) is 6.46. The lowest BCUT2D eigenvalue weighted by Gasteiger charge is -2.28. The van der Waals surface area contributed by atoms with E-state index in [4.69, 9.17) is 11.6 Å². The van der Waals surface area contributed by atoms with Crippen molar-refractivity contribution in [1.82, 2.24) is 24.9 Å². The van der Waals surface area contributed by atoms with Gasteiger partial charge in [0.2, 0.25) is 0 Å². The first kappa shape index (κ1) is 20.5. The summed E-state index contributed by atoms with van der Waals surface area (Å²) < 4.78 is 0.832. The molecule has 3 rings (SSSR count). The molecule has 0 aliphatic carbocycles. The SMILES string of the molecule is CC[C@@H](CCc1ccc(Cl)cn1)N(C)C(=O)c1cc(Br)ccc1-n1nccn1. The Kier molecular flexibility index (Phi) is 6.80. The van der Waals surface area contributed by atoms with Crippen molar-refractivity contribution in [2.24, 2.45) is 0 Å². The molecular formula is C20H21BrClN5O. The minimum atomic E-state index is -0.0653. The van der Waals surface area contributed by atoms with Crippen molar-refractivity contribution < 1.29 is 4.79 Å². The van der Waals surface area contributed by atoms with Crippen molar-refractivity contribution in [3.05, 3.63) is 69.7 Å². The Morgan fingerprint density at radius 2 is 2.00 bits per heavy atom. The van der Waals surface area contributed by atoms with Crippen molar-refractivity contribution in [3.8, 4) is 5.69 Å². The third-order valence-electron chi connectivity index (χ3n) is 4.68. The predicted molar refractivity (Wildman–Crippen MR) is 113 cm³/mol. The number of hydrogen-bond donors (Lipinski definition) is 0. The molecule has 0 bridgehead atoms. The van der Waals surface area contributed by atoms with Gasteiger partial charge in [-0.25, -0.2) is 0 Å². The van der Waals surface area contributed by atoms with Crippen LogP contribution in [0, 0.1) is 0 Å². The van der Waals surface area contributed by atoms with Gasteiger partial charge < -0.3 is 4.90 Å². The van der Waals surface area contributed by atoms with E-state index in [0.717, 1.165) is 29.4 Å². The molecule has 3 aromatic rings. The first-order chi connectivity index (χ1) is 13.5. The van der Waals surface area contributed by atoms with Crippen LogP contribution in [0.1, 0.15) is 35.8 Å². The van der Waals surface area contributed by atoms with Crippen molar-refractivity contribution in [2.75, 3.05) is 7.05 Å². The van der Waals surface area contributed by atoms with E-state index in [2.05, 4.69) is 38.0 Å². The summed E-state index contributed by atoms with van der Waals surface area (Å²) in [6, 6.07) is 9.37. The topological polar surface area (TPSA) is 63.9 Å². The molecule has 2 aromatic heterocycles. The number of nitrogens with zero attached hydrogens (tertiary/aromatic N) is 5. The number of halogens is 2. The molecule has 0 saturated heterocycles. The molecule has 28 heavy (non-hydrogen) atoms. The Labute approximate surface area is 177 Å². The summed E-state index contributed by atoms with van der Waals surface area (Å²) in [6.45, 7) is 2.08. The highest BCUT2D eigenvalue weighted by Gasteiger charge is 2.23. The molecule has 8 heteroatoms. The quantitative estimate of drug-likeness (QED) is 0.516. The summed E-state index contributed by atoms with van der Waals surface area (Å²) in [4.78, 5) is 20.9. The van der Waals surface area contributed by atoms with Gasteiger partial charge in [-0.1, -0.05) is 34.5 Å². The van der Waals surface area contributed by atoms with Gasteiger partial charge in [-0.3, -0.25) is 9.78 Å². The molecule has 0 aliphatic heterocycles. The fourth-order valence-electron chi connectivity index (χ4n) is 3.09. The monoisotopic (exact) mass is 461 g/mol. The fraction of sp³-hybridized carbons (Fsp3) is 0.300. The van der Waals surface area contributed by atoms with Crippen LogP contribution in [-0.4, -0.2) is 43.9 Å². The summed E-state index contributed by atoms with van der Waals surface area (Å²) >= 11 is 9.36. The third-order valence-corrected chi connectivity index (χ3v) is 5.40. The molecule has 1 atom stereocenters. The zero-order chi connectivity index (χ0) is 20.1. The average molecular weight is 463 g/mol. The molecule has 0 aliphatic rings. The lowest BCUT2D eigenvalue weighted by Crippen LogP contribution is -2.37. The van der Waals surface area contributed by atoms with Crippen LogP contribution in [0.25, 0.3) is 5.69 Å². The van der Waals surface area contributed by atoms with E-state index in [-0.39, 0.29) is 11.9 Å². The molecule has 1 aromatic carbocycles. The normalized spacial score (nSPS) is 12.0. The highest BCUT2D eigenvalue weighted by Crippen LogP contribution is 2.22. The Hall–Kier alpha value is -2.25. The molecule has 0 N–H and O–H groups in total. The molecule has 6 nitrogen and oxygen atoms in total. The van der Waals surface area contributed by atoms with Gasteiger partial charge in [0.05, 0.1) is 28.7 Å². The van der Waals surface area contributed by atoms with Crippen molar-refractivity contribution in [3.63, 3.8) is 0 Å². The van der Waals surface area contributed by atoms with E-state index in [1.165, 1.54) is 4.80 Å². The molecule has 0 radical (unpaired) electrons. The zero-order valence-electron chi connectivity index (χ0n) is 15.7. The molecule has 2 heterocycles. The van der Waals surface area contributed by atoms with E-state index in [1.807, 2.05) is 37.4 Å². The molecule has 0 saturated carbocycles. The fourth-order valence-corrected chi connectivity index (χ4v) is 3.56. The van der Waals surface area contributed by atoms with E-state index in [1.54, 1.807) is 23.5 Å². The summed E-state index contributed by atoms with van der Waals surface area (Å²) in [5.41, 5.74) is 2.17. The van der Waals surface area contributed by atoms with Gasteiger partial charge >= 0.3 is 0 Å². The van der Waals surface area contributed by atoms with Crippen molar-refractivity contribution in [2.45, 2.75) is 32.2 Å². The Balaban J connectivity index is 1.78. The number of benzene rings is 1. The van der Waals surface area contributed by atoms with Gasteiger partial charge in [-0.05, 0) is 49.6 Å². The van der Waals surface area contributed by atoms with Gasteiger partial charge in [-0.15, -0.1) is 0 Å². The Morgan fingerprint density at radius 1 is 1.25 bits per heavy atom. The van der Waals surface area contributed by atoms with Gasteiger partial charge in [0, 0.05) is 29.5 Å². The lowest BCUT2D eigenvalue weighted by molar-refractivity contribution is 0.0719. The maximum atomic E-state index is 13.3. The summed E-state index contributed by atoms with van der Waals surface area (Å²) in [7, 11) is 1.84. The molecule has 0 spiro atoms. The van der Waals surface area contributed by atoms with Gasteiger partial charge in [0.1, 0.15) is 0 Å². The van der Waals surface area contributed by atoms with Gasteiger partial charge in [0.15, 0.2) is 0 Å². The minimum absolute atomic E-state index is 0.0653. The molecule has 1 amide bonds. The second kappa shape index (κ2) is 9.30. The molecule has 146 valence electrons. The number of carbonyl (C=O) groups excluding carboxylic acids is 1. The van der Waals surface area contributed by atoms with Crippen LogP contribution in [0.4, 0.5) is 0 Å². The van der Waals surface area contributed by atoms with E-state index < -0.39 is 0 Å². The zero-order valence-corrected chi connectivity index (χ0v) is 18.1. The van der Waals surface area contributed by atoms with E-state index in [0.29, 0.717) is 16.3 Å². The predicted octanol–water partition coefficient (Wildman–Crippen LogP) is 4.56. The van der Waals surface area contributed by atoms with Gasteiger partial charge in [0.25, 0.3) is 5.91 Å². The molecule has 0 fully saturated rings. The first-order valence-electron chi connectivity index (χ1n) is 9.03. The van der Waals surface area contributed by atoms with Crippen LogP contribution < -0.4 is 0 Å². The number of aryl methyl sites for hydroxylation is 1. The van der Waals surface area contributed by atoms with Crippen molar-refractivity contribution in [1.29, 1.82) is 0 Å². The van der Waals surface area contributed by atoms with Crippen molar-refractivity contribution >= 4 is 33.4 Å². The maximum Gasteiger partial charge on any atom is 0.256 e. The number of rotatable bonds is 7. The smallest absolute Gasteiger partial charge is 0.256 e. The summed E-state index contributed by atoms with van der Waals surface area (Å²) in [6.07, 6.45) is 7.27. The number of carbonyl (C=O) groups is 1. The molecule has 0 unspecified atom stereocenters. The van der Waals surface area contributed by atoms with Crippen LogP contribution in [-0.2, 0) is 6.42 Å². The standard InChI is InChI=1S/C20H21BrClN5O/c1-3-17(8-7-16-6-5-15(22)13-23-16)26(2)20(28)18-12-14(21)4-9-19(18)27-24-10-11-25-27/h4-6,9-13,17H,3,7-8H2,1-2H3/t17-/m0/s1. The van der Waals surface area contributed by atoms with E-state index in [9.17, 15) is 4.79 Å². The number of aromatic nitrogens is 4. The van der Waals surface area contributed by atoms with Crippen LogP contribution in [0.15, 0.2) is 53.4 Å². The number of hydrogen-bond acceptors (Lipinski definition) is 4. The third kappa shape index (κ3) is 4.77.